The van der Waals surface area contributed by atoms with Gasteiger partial charge in [0.15, 0.2) is 0 Å². The van der Waals surface area contributed by atoms with E-state index < -0.39 is 0 Å². The molecule has 29 heavy (non-hydrogen) atoms. The predicted molar refractivity (Wildman–Crippen MR) is 117 cm³/mol. The van der Waals surface area contributed by atoms with Crippen LogP contribution in [0.3, 0.4) is 0 Å². The fourth-order valence-electron chi connectivity index (χ4n) is 2.82. The van der Waals surface area contributed by atoms with Gasteiger partial charge in [0.1, 0.15) is 22.0 Å². The molecule has 0 N–H and O–H groups in total. The maximum absolute atomic E-state index is 12.8. The minimum Gasteiger partial charge on any atom is -0.497 e. The lowest BCUT2D eigenvalue weighted by atomic mass is 10.2. The van der Waals surface area contributed by atoms with E-state index in [1.807, 2.05) is 72.8 Å². The van der Waals surface area contributed by atoms with Gasteiger partial charge < -0.3 is 13.9 Å². The summed E-state index contributed by atoms with van der Waals surface area (Å²) in [6, 6.07) is 23.0. The van der Waals surface area contributed by atoms with Crippen LogP contribution in [0.5, 0.6) is 11.5 Å². The number of hydrogen-bond acceptors (Lipinski definition) is 6. The molecule has 0 saturated heterocycles. The second kappa shape index (κ2) is 8.68. The van der Waals surface area contributed by atoms with Crippen LogP contribution in [0.25, 0.3) is 11.0 Å². The molecule has 4 aromatic rings. The molecule has 0 atom stereocenters. The molecular weight excluding hydrogens is 404 g/mol. The lowest BCUT2D eigenvalue weighted by Crippen LogP contribution is -2.04. The summed E-state index contributed by atoms with van der Waals surface area (Å²) in [4.78, 5) is 16.2. The van der Waals surface area contributed by atoms with Crippen molar-refractivity contribution in [2.45, 2.75) is 19.6 Å². The van der Waals surface area contributed by atoms with Crippen LogP contribution < -0.4 is 15.1 Å². The third kappa shape index (κ3) is 4.28. The highest BCUT2D eigenvalue weighted by Crippen LogP contribution is 2.41. The second-order valence-electron chi connectivity index (χ2n) is 6.10. The van der Waals surface area contributed by atoms with Crippen LogP contribution in [0.4, 0.5) is 0 Å². The van der Waals surface area contributed by atoms with Gasteiger partial charge in [0.25, 0.3) is 0 Å². The van der Waals surface area contributed by atoms with Crippen molar-refractivity contribution in [3.05, 3.63) is 83.2 Å². The lowest BCUT2D eigenvalue weighted by molar-refractivity contribution is 0.414. The first-order valence-corrected chi connectivity index (χ1v) is 10.5. The zero-order chi connectivity index (χ0) is 20.2. The van der Waals surface area contributed by atoms with E-state index in [9.17, 15) is 4.79 Å². The minimum absolute atomic E-state index is 0.347. The Bertz CT molecular complexity index is 1180. The summed E-state index contributed by atoms with van der Waals surface area (Å²) >= 11 is 2.94. The zero-order valence-corrected chi connectivity index (χ0v) is 17.5. The fourth-order valence-corrected chi connectivity index (χ4v) is 4.87. The first-order valence-electron chi connectivity index (χ1n) is 8.87. The van der Waals surface area contributed by atoms with E-state index in [1.165, 1.54) is 11.8 Å². The quantitative estimate of drug-likeness (QED) is 0.349. The summed E-state index contributed by atoms with van der Waals surface area (Å²) in [5, 5.41) is 0.906. The van der Waals surface area contributed by atoms with Gasteiger partial charge in [-0.15, -0.1) is 0 Å². The van der Waals surface area contributed by atoms with Crippen LogP contribution in [0.1, 0.15) is 0 Å². The molecule has 0 bridgehead atoms. The maximum Gasteiger partial charge on any atom is 0.351 e. The summed E-state index contributed by atoms with van der Waals surface area (Å²) in [6.07, 6.45) is 0. The van der Waals surface area contributed by atoms with Crippen LogP contribution in [-0.4, -0.2) is 14.2 Å². The van der Waals surface area contributed by atoms with Gasteiger partial charge in [-0.2, -0.15) is 0 Å². The highest BCUT2D eigenvalue weighted by Gasteiger charge is 2.17. The molecule has 0 aliphatic rings. The molecule has 146 valence electrons. The number of benzene rings is 3. The molecule has 4 nitrogen and oxygen atoms in total. The summed E-state index contributed by atoms with van der Waals surface area (Å²) in [6.45, 7) is 0. The van der Waals surface area contributed by atoms with Crippen molar-refractivity contribution in [2.24, 2.45) is 0 Å². The Kier molecular flexibility index (Phi) is 5.83. The molecular formula is C23H18O4S2. The smallest absolute Gasteiger partial charge is 0.351 e. The van der Waals surface area contributed by atoms with E-state index in [-0.39, 0.29) is 5.63 Å². The van der Waals surface area contributed by atoms with Crippen molar-refractivity contribution >= 4 is 34.5 Å². The van der Waals surface area contributed by atoms with Crippen molar-refractivity contribution in [1.82, 2.24) is 0 Å². The number of methoxy groups -OCH3 is 2. The van der Waals surface area contributed by atoms with Gasteiger partial charge in [0.05, 0.1) is 14.2 Å². The highest BCUT2D eigenvalue weighted by atomic mass is 32.2. The summed E-state index contributed by atoms with van der Waals surface area (Å²) < 4.78 is 16.1. The molecule has 0 amide bonds. The molecule has 1 heterocycles. The van der Waals surface area contributed by atoms with Gasteiger partial charge in [0.2, 0.25) is 0 Å². The van der Waals surface area contributed by atoms with Crippen molar-refractivity contribution in [2.75, 3.05) is 14.2 Å². The summed E-state index contributed by atoms with van der Waals surface area (Å²) in [5.41, 5.74) is 0.230. The van der Waals surface area contributed by atoms with Crippen LogP contribution >= 0.6 is 23.5 Å². The minimum atomic E-state index is -0.347. The van der Waals surface area contributed by atoms with E-state index >= 15 is 0 Å². The maximum atomic E-state index is 12.8. The standard InChI is InChI=1S/C23H18O4S2/c1-25-15-7-11-17(12-8-15)28-21-19-5-3-4-6-20(19)27-23(24)22(21)29-18-13-9-16(26-2)10-14-18/h3-14H,1-2H3. The third-order valence-corrected chi connectivity index (χ3v) is 6.63. The largest absolute Gasteiger partial charge is 0.497 e. The Labute approximate surface area is 176 Å². The van der Waals surface area contributed by atoms with Crippen LogP contribution in [0.15, 0.2) is 102 Å². The molecule has 0 spiro atoms. The van der Waals surface area contributed by atoms with Gasteiger partial charge in [0, 0.05) is 20.1 Å². The Hall–Kier alpha value is -2.83. The molecule has 6 heteroatoms. The van der Waals surface area contributed by atoms with Crippen molar-refractivity contribution < 1.29 is 13.9 Å². The average molecular weight is 423 g/mol. The normalized spacial score (nSPS) is 10.8. The van der Waals surface area contributed by atoms with Gasteiger partial charge >= 0.3 is 5.63 Å². The van der Waals surface area contributed by atoms with Gasteiger partial charge in [-0.3, -0.25) is 0 Å². The Morgan fingerprint density at radius 1 is 0.690 bits per heavy atom. The number of para-hydroxylation sites is 1. The highest BCUT2D eigenvalue weighted by molar-refractivity contribution is 8.02. The lowest BCUT2D eigenvalue weighted by Gasteiger charge is -2.11. The van der Waals surface area contributed by atoms with Crippen molar-refractivity contribution in [3.8, 4) is 11.5 Å². The van der Waals surface area contributed by atoms with Crippen molar-refractivity contribution in [1.29, 1.82) is 0 Å². The monoisotopic (exact) mass is 422 g/mol. The molecule has 3 aromatic carbocycles. The molecule has 0 aliphatic carbocycles. The molecule has 4 rings (SSSR count). The van der Waals surface area contributed by atoms with Crippen LogP contribution in [0.2, 0.25) is 0 Å². The summed E-state index contributed by atoms with van der Waals surface area (Å²) in [5.74, 6) is 1.56. The zero-order valence-electron chi connectivity index (χ0n) is 15.9. The van der Waals surface area contributed by atoms with E-state index in [2.05, 4.69) is 0 Å². The van der Waals surface area contributed by atoms with Gasteiger partial charge in [-0.1, -0.05) is 41.7 Å². The first-order chi connectivity index (χ1) is 14.2. The Balaban J connectivity index is 1.80. The van der Waals surface area contributed by atoms with E-state index in [0.717, 1.165) is 31.6 Å². The topological polar surface area (TPSA) is 48.7 Å². The van der Waals surface area contributed by atoms with Gasteiger partial charge in [-0.05, 0) is 54.6 Å². The number of rotatable bonds is 6. The third-order valence-electron chi connectivity index (χ3n) is 4.28. The molecule has 0 radical (unpaired) electrons. The van der Waals surface area contributed by atoms with E-state index in [4.69, 9.17) is 13.9 Å². The van der Waals surface area contributed by atoms with Crippen LogP contribution in [-0.2, 0) is 0 Å². The van der Waals surface area contributed by atoms with E-state index in [0.29, 0.717) is 10.5 Å². The SMILES string of the molecule is COc1ccc(Sc2c(Sc3ccc(OC)cc3)c3ccccc3oc2=O)cc1. The second-order valence-corrected chi connectivity index (χ2v) is 8.27. The Morgan fingerprint density at radius 2 is 1.21 bits per heavy atom. The molecule has 0 saturated carbocycles. The Morgan fingerprint density at radius 3 is 1.76 bits per heavy atom. The van der Waals surface area contributed by atoms with Gasteiger partial charge in [-0.25, -0.2) is 4.79 Å². The van der Waals surface area contributed by atoms with Crippen LogP contribution in [0, 0.1) is 0 Å². The molecule has 0 unspecified atom stereocenters. The number of ether oxygens (including phenoxy) is 2. The summed E-state index contributed by atoms with van der Waals surface area (Å²) in [7, 11) is 3.27. The predicted octanol–water partition coefficient (Wildman–Crippen LogP) is 6.11. The molecule has 1 aromatic heterocycles. The fraction of sp³-hybridized carbons (Fsp3) is 0.0870. The molecule has 0 fully saturated rings. The number of fused-ring (bicyclic) bond motifs is 1. The van der Waals surface area contributed by atoms with Crippen molar-refractivity contribution in [3.63, 3.8) is 0 Å². The van der Waals surface area contributed by atoms with E-state index in [1.54, 1.807) is 26.0 Å². The first kappa shape index (κ1) is 19.5. The average Bonchev–Trinajstić information content (AvgIpc) is 2.77. The number of hydrogen-bond donors (Lipinski definition) is 0. The molecule has 0 aliphatic heterocycles.